The third-order valence-electron chi connectivity index (χ3n) is 6.31. The molecule has 3 heterocycles. The molecular formula is C29H21ClN2O2S2. The maximum absolute atomic E-state index is 13.4. The SMILES string of the molecule is COc1ccc2c(cc(C)n2C(=O)c2ccc(Cl)cc2)c1Cc1nc(-c2cc3ccccc3s2)cs1. The lowest BCUT2D eigenvalue weighted by molar-refractivity contribution is 0.0963. The Bertz CT molecular complexity index is 1710. The van der Waals surface area contributed by atoms with Crippen LogP contribution < -0.4 is 4.74 Å². The summed E-state index contributed by atoms with van der Waals surface area (Å²) < 4.78 is 8.75. The minimum absolute atomic E-state index is 0.0865. The second kappa shape index (κ2) is 9.21. The van der Waals surface area contributed by atoms with Gasteiger partial charge in [0.2, 0.25) is 0 Å². The summed E-state index contributed by atoms with van der Waals surface area (Å²) in [7, 11) is 1.68. The summed E-state index contributed by atoms with van der Waals surface area (Å²) in [6, 6.07) is 23.5. The summed E-state index contributed by atoms with van der Waals surface area (Å²) in [6.07, 6.45) is 0.620. The second-order valence-electron chi connectivity index (χ2n) is 8.56. The lowest BCUT2D eigenvalue weighted by Crippen LogP contribution is -2.13. The molecule has 0 atom stereocenters. The van der Waals surface area contributed by atoms with Gasteiger partial charge in [-0.1, -0.05) is 29.8 Å². The summed E-state index contributed by atoms with van der Waals surface area (Å²) in [5, 5.41) is 5.95. The number of carbonyl (C=O) groups is 1. The number of ether oxygens (including phenoxy) is 1. The molecule has 36 heavy (non-hydrogen) atoms. The lowest BCUT2D eigenvalue weighted by atomic mass is 10.1. The fourth-order valence-electron chi connectivity index (χ4n) is 4.58. The number of thiazole rings is 1. The van der Waals surface area contributed by atoms with Gasteiger partial charge in [0.1, 0.15) is 5.75 Å². The van der Waals surface area contributed by atoms with Crippen molar-refractivity contribution >= 4 is 61.2 Å². The van der Waals surface area contributed by atoms with Gasteiger partial charge in [-0.25, -0.2) is 4.98 Å². The van der Waals surface area contributed by atoms with Gasteiger partial charge in [0.05, 0.1) is 28.2 Å². The Balaban J connectivity index is 1.39. The average molecular weight is 529 g/mol. The number of nitrogens with zero attached hydrogens (tertiary/aromatic N) is 2. The maximum Gasteiger partial charge on any atom is 0.262 e. The number of thiophene rings is 1. The summed E-state index contributed by atoms with van der Waals surface area (Å²) in [6.45, 7) is 1.95. The molecule has 0 aliphatic carbocycles. The van der Waals surface area contributed by atoms with Crippen molar-refractivity contribution in [2.45, 2.75) is 13.3 Å². The zero-order chi connectivity index (χ0) is 24.8. The highest BCUT2D eigenvalue weighted by Gasteiger charge is 2.20. The molecule has 4 nitrogen and oxygen atoms in total. The van der Waals surface area contributed by atoms with E-state index in [0.717, 1.165) is 38.6 Å². The highest BCUT2D eigenvalue weighted by atomic mass is 35.5. The van der Waals surface area contributed by atoms with Gasteiger partial charge in [0.15, 0.2) is 0 Å². The number of rotatable bonds is 5. The second-order valence-corrected chi connectivity index (χ2v) is 11.0. The van der Waals surface area contributed by atoms with Crippen molar-refractivity contribution in [1.82, 2.24) is 9.55 Å². The molecule has 0 aliphatic rings. The van der Waals surface area contributed by atoms with Crippen LogP contribution in [-0.2, 0) is 6.42 Å². The van der Waals surface area contributed by atoms with Crippen LogP contribution in [0.25, 0.3) is 31.6 Å². The van der Waals surface area contributed by atoms with Gasteiger partial charge in [-0.05, 0) is 66.9 Å². The predicted octanol–water partition coefficient (Wildman–Crippen LogP) is 8.23. The van der Waals surface area contributed by atoms with E-state index in [1.807, 2.05) is 19.1 Å². The quantitative estimate of drug-likeness (QED) is 0.226. The molecule has 0 bridgehead atoms. The highest BCUT2D eigenvalue weighted by Crippen LogP contribution is 2.37. The number of hydrogen-bond donors (Lipinski definition) is 0. The molecule has 3 aromatic carbocycles. The number of aromatic nitrogens is 2. The number of benzene rings is 3. The Kier molecular flexibility index (Phi) is 5.88. The van der Waals surface area contributed by atoms with Crippen molar-refractivity contribution in [1.29, 1.82) is 0 Å². The van der Waals surface area contributed by atoms with Gasteiger partial charge < -0.3 is 4.74 Å². The third kappa shape index (κ3) is 4.01. The van der Waals surface area contributed by atoms with Crippen LogP contribution in [0.2, 0.25) is 5.02 Å². The Morgan fingerprint density at radius 3 is 2.64 bits per heavy atom. The summed E-state index contributed by atoms with van der Waals surface area (Å²) in [5.74, 6) is 0.703. The summed E-state index contributed by atoms with van der Waals surface area (Å²) in [5.41, 5.74) is 4.33. The third-order valence-corrected chi connectivity index (χ3v) is 8.55. The molecule has 0 spiro atoms. The first-order chi connectivity index (χ1) is 17.5. The van der Waals surface area contributed by atoms with Crippen molar-refractivity contribution in [3.05, 3.63) is 105 Å². The van der Waals surface area contributed by atoms with Crippen LogP contribution in [0, 0.1) is 6.92 Å². The fourth-order valence-corrected chi connectivity index (χ4v) is 6.61. The Morgan fingerprint density at radius 1 is 1.06 bits per heavy atom. The summed E-state index contributed by atoms with van der Waals surface area (Å²) in [4.78, 5) is 19.5. The van der Waals surface area contributed by atoms with Crippen LogP contribution in [0.1, 0.15) is 26.6 Å². The molecule has 7 heteroatoms. The van der Waals surface area contributed by atoms with Crippen molar-refractivity contribution in [3.63, 3.8) is 0 Å². The molecular weight excluding hydrogens is 508 g/mol. The monoisotopic (exact) mass is 528 g/mol. The van der Waals surface area contributed by atoms with E-state index in [4.69, 9.17) is 21.3 Å². The van der Waals surface area contributed by atoms with Gasteiger partial charge in [-0.15, -0.1) is 22.7 Å². The molecule has 6 aromatic rings. The maximum atomic E-state index is 13.4. The standard InChI is InChI=1S/C29H21ClN2O2S2/c1-17-13-21-22(15-28-31-23(16-35-28)27-14-19-5-3-4-6-26(19)36-27)25(34-2)12-11-24(21)32(17)29(33)18-7-9-20(30)10-8-18/h3-14,16H,15H2,1-2H3. The Labute approximate surface area is 221 Å². The number of methoxy groups -OCH3 is 1. The molecule has 0 amide bonds. The predicted molar refractivity (Wildman–Crippen MR) is 150 cm³/mol. The number of carbonyl (C=O) groups excluding carboxylic acids is 1. The van der Waals surface area contributed by atoms with Crippen LogP contribution in [-0.4, -0.2) is 22.6 Å². The van der Waals surface area contributed by atoms with Crippen molar-refractivity contribution in [2.24, 2.45) is 0 Å². The van der Waals surface area contributed by atoms with E-state index < -0.39 is 0 Å². The molecule has 178 valence electrons. The van der Waals surface area contributed by atoms with Gasteiger partial charge in [-0.2, -0.15) is 0 Å². The van der Waals surface area contributed by atoms with E-state index >= 15 is 0 Å². The van der Waals surface area contributed by atoms with Crippen LogP contribution in [0.3, 0.4) is 0 Å². The van der Waals surface area contributed by atoms with E-state index in [1.165, 1.54) is 15.0 Å². The highest BCUT2D eigenvalue weighted by molar-refractivity contribution is 7.22. The Hall–Kier alpha value is -3.45. The van der Waals surface area contributed by atoms with Crippen molar-refractivity contribution in [3.8, 4) is 16.3 Å². The first-order valence-electron chi connectivity index (χ1n) is 11.4. The number of aryl methyl sites for hydroxylation is 1. The van der Waals surface area contributed by atoms with E-state index in [9.17, 15) is 4.79 Å². The van der Waals surface area contributed by atoms with Gasteiger partial charge in [0, 0.05) is 43.7 Å². The molecule has 0 fully saturated rings. The molecule has 0 aliphatic heterocycles. The number of fused-ring (bicyclic) bond motifs is 2. The zero-order valence-corrected chi connectivity index (χ0v) is 22.0. The minimum atomic E-state index is -0.0865. The summed E-state index contributed by atoms with van der Waals surface area (Å²) >= 11 is 9.43. The number of halogens is 1. The van der Waals surface area contributed by atoms with Crippen LogP contribution in [0.15, 0.2) is 78.2 Å². The van der Waals surface area contributed by atoms with Gasteiger partial charge in [0.25, 0.3) is 5.91 Å². The smallest absolute Gasteiger partial charge is 0.262 e. The molecule has 0 saturated carbocycles. The van der Waals surface area contributed by atoms with E-state index in [0.29, 0.717) is 17.0 Å². The van der Waals surface area contributed by atoms with Gasteiger partial charge in [-0.3, -0.25) is 9.36 Å². The largest absolute Gasteiger partial charge is 0.496 e. The lowest BCUT2D eigenvalue weighted by Gasteiger charge is -2.11. The fraction of sp³-hybridized carbons (Fsp3) is 0.103. The van der Waals surface area contributed by atoms with Crippen molar-refractivity contribution in [2.75, 3.05) is 7.11 Å². The average Bonchev–Trinajstić information content (AvgIpc) is 3.60. The zero-order valence-electron chi connectivity index (χ0n) is 19.6. The normalized spacial score (nSPS) is 11.4. The first-order valence-corrected chi connectivity index (χ1v) is 13.5. The van der Waals surface area contributed by atoms with Gasteiger partial charge >= 0.3 is 0 Å². The topological polar surface area (TPSA) is 44.1 Å². The first kappa shape index (κ1) is 23.0. The molecule has 0 radical (unpaired) electrons. The van der Waals surface area contributed by atoms with Crippen LogP contribution >= 0.6 is 34.3 Å². The van der Waals surface area contributed by atoms with E-state index in [1.54, 1.807) is 58.6 Å². The van der Waals surface area contributed by atoms with Crippen LogP contribution in [0.5, 0.6) is 5.75 Å². The van der Waals surface area contributed by atoms with E-state index in [2.05, 4.69) is 41.8 Å². The van der Waals surface area contributed by atoms with Crippen LogP contribution in [0.4, 0.5) is 0 Å². The molecule has 0 saturated heterocycles. The number of hydrogen-bond acceptors (Lipinski definition) is 5. The molecule has 6 rings (SSSR count). The molecule has 0 unspecified atom stereocenters. The Morgan fingerprint density at radius 2 is 1.86 bits per heavy atom. The minimum Gasteiger partial charge on any atom is -0.496 e. The van der Waals surface area contributed by atoms with E-state index in [-0.39, 0.29) is 5.91 Å². The molecule has 0 N–H and O–H groups in total. The molecule has 3 aromatic heterocycles. The van der Waals surface area contributed by atoms with Crippen molar-refractivity contribution < 1.29 is 9.53 Å².